The third kappa shape index (κ3) is 4.78. The smallest absolute Gasteiger partial charge is 0.222 e. The van der Waals surface area contributed by atoms with Gasteiger partial charge in [-0.1, -0.05) is 44.5 Å². The zero-order valence-corrected chi connectivity index (χ0v) is 18.3. The molecule has 5 heteroatoms. The van der Waals surface area contributed by atoms with Crippen LogP contribution in [0.5, 0.6) is 11.5 Å². The molecular formula is C25H32N2O3. The van der Waals surface area contributed by atoms with Gasteiger partial charge < -0.3 is 19.8 Å². The van der Waals surface area contributed by atoms with Gasteiger partial charge in [0.2, 0.25) is 5.91 Å². The number of amides is 1. The molecule has 3 aromatic rings. The number of carbonyl (C=O) groups excluding carboxylic acids is 1. The van der Waals surface area contributed by atoms with Crippen LogP contribution in [0.25, 0.3) is 10.9 Å². The summed E-state index contributed by atoms with van der Waals surface area (Å²) in [6, 6.07) is 14.3. The molecule has 2 N–H and O–H groups in total. The molecule has 0 aliphatic rings. The first-order chi connectivity index (χ1) is 14.6. The first-order valence-corrected chi connectivity index (χ1v) is 10.7. The highest BCUT2D eigenvalue weighted by atomic mass is 16.5. The van der Waals surface area contributed by atoms with E-state index in [-0.39, 0.29) is 17.7 Å². The van der Waals surface area contributed by atoms with E-state index < -0.39 is 0 Å². The van der Waals surface area contributed by atoms with Gasteiger partial charge in [-0.2, -0.15) is 0 Å². The van der Waals surface area contributed by atoms with Crippen LogP contribution in [0.1, 0.15) is 50.7 Å². The van der Waals surface area contributed by atoms with Gasteiger partial charge in [-0.3, -0.25) is 4.79 Å². The Bertz CT molecular complexity index is 979. The Kier molecular flexibility index (Phi) is 7.39. The van der Waals surface area contributed by atoms with E-state index in [1.165, 1.54) is 0 Å². The summed E-state index contributed by atoms with van der Waals surface area (Å²) >= 11 is 0. The Labute approximate surface area is 178 Å². The second-order valence-electron chi connectivity index (χ2n) is 7.62. The number of fused-ring (bicyclic) bond motifs is 1. The Morgan fingerprint density at radius 1 is 1.13 bits per heavy atom. The molecule has 30 heavy (non-hydrogen) atoms. The maximum atomic E-state index is 12.6. The van der Waals surface area contributed by atoms with E-state index in [4.69, 9.17) is 9.47 Å². The van der Waals surface area contributed by atoms with Crippen molar-refractivity contribution in [3.63, 3.8) is 0 Å². The molecule has 0 aliphatic carbocycles. The Morgan fingerprint density at radius 3 is 2.67 bits per heavy atom. The lowest BCUT2D eigenvalue weighted by molar-refractivity contribution is -0.124. The van der Waals surface area contributed by atoms with Gasteiger partial charge in [0.15, 0.2) is 11.5 Å². The minimum absolute atomic E-state index is 0.00786. The summed E-state index contributed by atoms with van der Waals surface area (Å²) in [4.78, 5) is 16.0. The van der Waals surface area contributed by atoms with Crippen molar-refractivity contribution < 1.29 is 14.3 Å². The van der Waals surface area contributed by atoms with Crippen LogP contribution in [0.3, 0.4) is 0 Å². The molecule has 1 amide bonds. The summed E-state index contributed by atoms with van der Waals surface area (Å²) in [7, 11) is 1.65. The van der Waals surface area contributed by atoms with Crippen molar-refractivity contribution >= 4 is 16.8 Å². The number of para-hydroxylation sites is 1. The summed E-state index contributed by atoms with van der Waals surface area (Å²) in [5.41, 5.74) is 3.31. The first kappa shape index (κ1) is 21.8. The zero-order valence-electron chi connectivity index (χ0n) is 18.3. The van der Waals surface area contributed by atoms with Crippen LogP contribution in [0, 0.1) is 5.92 Å². The molecule has 1 heterocycles. The van der Waals surface area contributed by atoms with Gasteiger partial charge in [-0.15, -0.1) is 0 Å². The topological polar surface area (TPSA) is 63.4 Å². The van der Waals surface area contributed by atoms with E-state index in [1.807, 2.05) is 44.3 Å². The summed E-state index contributed by atoms with van der Waals surface area (Å²) in [5, 5.41) is 4.33. The summed E-state index contributed by atoms with van der Waals surface area (Å²) in [6.45, 7) is 7.14. The predicted molar refractivity (Wildman–Crippen MR) is 121 cm³/mol. The number of nitrogens with one attached hydrogen (secondary N) is 2. The highest BCUT2D eigenvalue weighted by molar-refractivity contribution is 5.84. The number of methoxy groups -OCH3 is 1. The highest BCUT2D eigenvalue weighted by Crippen LogP contribution is 2.35. The lowest BCUT2D eigenvalue weighted by Crippen LogP contribution is -2.33. The second kappa shape index (κ2) is 10.2. The fourth-order valence-corrected chi connectivity index (χ4v) is 3.91. The van der Waals surface area contributed by atoms with Crippen LogP contribution in [-0.2, 0) is 4.79 Å². The van der Waals surface area contributed by atoms with Crippen molar-refractivity contribution in [2.45, 2.75) is 39.5 Å². The van der Waals surface area contributed by atoms with Crippen LogP contribution in [0.15, 0.2) is 48.7 Å². The maximum absolute atomic E-state index is 12.6. The number of hydrogen-bond donors (Lipinski definition) is 2. The third-order valence-electron chi connectivity index (χ3n) is 5.54. The number of carbonyl (C=O) groups is 1. The van der Waals surface area contributed by atoms with Crippen LogP contribution in [0.4, 0.5) is 0 Å². The Balaban J connectivity index is 1.96. The van der Waals surface area contributed by atoms with E-state index in [9.17, 15) is 4.79 Å². The first-order valence-electron chi connectivity index (χ1n) is 10.7. The molecule has 2 atom stereocenters. The quantitative estimate of drug-likeness (QED) is 0.481. The van der Waals surface area contributed by atoms with Gasteiger partial charge >= 0.3 is 0 Å². The van der Waals surface area contributed by atoms with Crippen LogP contribution < -0.4 is 14.8 Å². The Morgan fingerprint density at radius 2 is 1.93 bits per heavy atom. The lowest BCUT2D eigenvalue weighted by Gasteiger charge is -2.21. The minimum atomic E-state index is -0.0106. The monoisotopic (exact) mass is 408 g/mol. The maximum Gasteiger partial charge on any atom is 0.222 e. The molecule has 2 aromatic carbocycles. The highest BCUT2D eigenvalue weighted by Gasteiger charge is 2.22. The summed E-state index contributed by atoms with van der Waals surface area (Å²) in [6.07, 6.45) is 3.93. The third-order valence-corrected chi connectivity index (χ3v) is 5.54. The normalized spacial score (nSPS) is 13.1. The van der Waals surface area contributed by atoms with Crippen molar-refractivity contribution in [2.24, 2.45) is 5.92 Å². The van der Waals surface area contributed by atoms with Crippen LogP contribution in [0.2, 0.25) is 0 Å². The molecule has 160 valence electrons. The fourth-order valence-electron chi connectivity index (χ4n) is 3.91. The number of H-pyrrole nitrogens is 1. The fraction of sp³-hybridized carbons (Fsp3) is 0.400. The summed E-state index contributed by atoms with van der Waals surface area (Å²) in [5.74, 6) is 1.52. The largest absolute Gasteiger partial charge is 0.493 e. The molecule has 0 bridgehead atoms. The molecule has 3 rings (SSSR count). The molecule has 0 spiro atoms. The molecule has 0 aliphatic heterocycles. The second-order valence-corrected chi connectivity index (χ2v) is 7.62. The van der Waals surface area contributed by atoms with E-state index in [0.29, 0.717) is 18.9 Å². The molecule has 0 saturated heterocycles. The van der Waals surface area contributed by atoms with Gasteiger partial charge in [0.05, 0.1) is 13.7 Å². The van der Waals surface area contributed by atoms with Gasteiger partial charge in [-0.25, -0.2) is 0 Å². The molecule has 2 unspecified atom stereocenters. The van der Waals surface area contributed by atoms with Crippen LogP contribution in [-0.4, -0.2) is 31.2 Å². The molecule has 0 radical (unpaired) electrons. The van der Waals surface area contributed by atoms with Gasteiger partial charge in [0, 0.05) is 35.5 Å². The number of aromatic nitrogens is 1. The van der Waals surface area contributed by atoms with Crippen molar-refractivity contribution in [3.05, 3.63) is 59.8 Å². The number of rotatable bonds is 10. The average molecular weight is 409 g/mol. The minimum Gasteiger partial charge on any atom is -0.493 e. The molecular weight excluding hydrogens is 376 g/mol. The van der Waals surface area contributed by atoms with Crippen molar-refractivity contribution in [1.29, 1.82) is 0 Å². The lowest BCUT2D eigenvalue weighted by atomic mass is 9.90. The van der Waals surface area contributed by atoms with Crippen molar-refractivity contribution in [2.75, 3.05) is 20.3 Å². The molecule has 1 aromatic heterocycles. The van der Waals surface area contributed by atoms with Crippen molar-refractivity contribution in [3.8, 4) is 11.5 Å². The standard InChI is InChI=1S/C25H32N2O3/c1-5-9-17(3)25(28)27-15-20(21-16-26-22-11-8-7-10-19(21)22)18-12-13-23(30-6-2)24(14-18)29-4/h7-8,10-14,16-17,20,26H,5-6,9,15H2,1-4H3,(H,27,28). The van der Waals surface area contributed by atoms with Crippen LogP contribution >= 0.6 is 0 Å². The SMILES string of the molecule is CCCC(C)C(=O)NCC(c1ccc(OCC)c(OC)c1)c1c[nH]c2ccccc12. The number of benzene rings is 2. The van der Waals surface area contributed by atoms with E-state index in [2.05, 4.69) is 35.4 Å². The number of hydrogen-bond acceptors (Lipinski definition) is 3. The number of ether oxygens (including phenoxy) is 2. The molecule has 0 fully saturated rings. The van der Waals surface area contributed by atoms with Gasteiger partial charge in [0.1, 0.15) is 0 Å². The summed E-state index contributed by atoms with van der Waals surface area (Å²) < 4.78 is 11.2. The van der Waals surface area contributed by atoms with Gasteiger partial charge in [0.25, 0.3) is 0 Å². The van der Waals surface area contributed by atoms with E-state index in [0.717, 1.165) is 40.6 Å². The van der Waals surface area contributed by atoms with E-state index in [1.54, 1.807) is 7.11 Å². The van der Waals surface area contributed by atoms with Gasteiger partial charge in [-0.05, 0) is 42.7 Å². The molecule has 5 nitrogen and oxygen atoms in total. The number of aromatic amines is 1. The van der Waals surface area contributed by atoms with E-state index >= 15 is 0 Å². The predicted octanol–water partition coefficient (Wildman–Crippen LogP) is 5.26. The average Bonchev–Trinajstić information content (AvgIpc) is 3.19. The van der Waals surface area contributed by atoms with Crippen molar-refractivity contribution in [1.82, 2.24) is 10.3 Å². The molecule has 0 saturated carbocycles. The zero-order chi connectivity index (χ0) is 21.5. The Hall–Kier alpha value is -2.95.